The highest BCUT2D eigenvalue weighted by molar-refractivity contribution is 5.94. The topological polar surface area (TPSA) is 75.4 Å². The first-order valence-electron chi connectivity index (χ1n) is 10.2. The van der Waals surface area contributed by atoms with E-state index < -0.39 is 5.97 Å². The van der Waals surface area contributed by atoms with Gasteiger partial charge in [0.15, 0.2) is 5.69 Å². The molecule has 1 saturated heterocycles. The molecule has 1 aliphatic carbocycles. The van der Waals surface area contributed by atoms with Gasteiger partial charge in [0.2, 0.25) is 0 Å². The maximum absolute atomic E-state index is 13.2. The van der Waals surface area contributed by atoms with E-state index in [1.165, 1.54) is 5.56 Å². The normalized spacial score (nSPS) is 21.6. The highest BCUT2D eigenvalue weighted by atomic mass is 16.4. The van der Waals surface area contributed by atoms with Gasteiger partial charge in [0.05, 0.1) is 11.6 Å². The quantitative estimate of drug-likeness (QED) is 0.883. The van der Waals surface area contributed by atoms with Crippen molar-refractivity contribution in [2.45, 2.75) is 46.0 Å². The molecule has 6 heteroatoms. The third-order valence-electron chi connectivity index (χ3n) is 6.23. The molecule has 6 nitrogen and oxygen atoms in total. The highest BCUT2D eigenvalue weighted by Crippen LogP contribution is 2.30. The summed E-state index contributed by atoms with van der Waals surface area (Å²) in [4.78, 5) is 26.4. The Labute approximate surface area is 165 Å². The number of hydrogen-bond donors (Lipinski definition) is 1. The van der Waals surface area contributed by atoms with Gasteiger partial charge in [0, 0.05) is 24.3 Å². The lowest BCUT2D eigenvalue weighted by atomic mass is 9.87. The number of fused-ring (bicyclic) bond motifs is 1. The number of likely N-dealkylation sites (tertiary alicyclic amines) is 1. The summed E-state index contributed by atoms with van der Waals surface area (Å²) in [6, 6.07) is 8.36. The third kappa shape index (κ3) is 3.21. The van der Waals surface area contributed by atoms with Gasteiger partial charge in [-0.05, 0) is 55.7 Å². The van der Waals surface area contributed by atoms with E-state index in [1.54, 1.807) is 4.90 Å². The predicted octanol–water partition coefficient (Wildman–Crippen LogP) is 3.11. The zero-order valence-corrected chi connectivity index (χ0v) is 16.5. The van der Waals surface area contributed by atoms with E-state index >= 15 is 0 Å². The van der Waals surface area contributed by atoms with Crippen LogP contribution in [-0.4, -0.2) is 44.8 Å². The molecule has 0 spiro atoms. The van der Waals surface area contributed by atoms with Crippen molar-refractivity contribution in [3.8, 4) is 5.69 Å². The molecule has 1 aliphatic heterocycles. The Morgan fingerprint density at radius 3 is 2.61 bits per heavy atom. The molecule has 1 aromatic carbocycles. The van der Waals surface area contributed by atoms with E-state index in [4.69, 9.17) is 5.10 Å². The summed E-state index contributed by atoms with van der Waals surface area (Å²) in [7, 11) is 0. The summed E-state index contributed by atoms with van der Waals surface area (Å²) in [5.41, 5.74) is 5.03. The largest absolute Gasteiger partial charge is 0.481 e. The molecule has 1 amide bonds. The molecule has 0 radical (unpaired) electrons. The fourth-order valence-electron chi connectivity index (χ4n) is 4.54. The Morgan fingerprint density at radius 1 is 1.21 bits per heavy atom. The monoisotopic (exact) mass is 381 g/mol. The van der Waals surface area contributed by atoms with Crippen molar-refractivity contribution >= 4 is 11.9 Å². The molecule has 0 bridgehead atoms. The Hall–Kier alpha value is -2.63. The van der Waals surface area contributed by atoms with Crippen molar-refractivity contribution < 1.29 is 14.7 Å². The molecule has 28 heavy (non-hydrogen) atoms. The molecule has 2 heterocycles. The molecule has 148 valence electrons. The van der Waals surface area contributed by atoms with Gasteiger partial charge in [-0.25, -0.2) is 4.68 Å². The van der Waals surface area contributed by atoms with Crippen LogP contribution in [0.1, 0.15) is 54.0 Å². The SMILES string of the molecule is CCc1ccc(-n2nc(C(=O)N3CCC(C(=O)O)C(C)C3)c3c2CCC3)cc1. The summed E-state index contributed by atoms with van der Waals surface area (Å²) < 4.78 is 1.93. The number of aliphatic carboxylic acids is 1. The average Bonchev–Trinajstić information content (AvgIpc) is 3.30. The summed E-state index contributed by atoms with van der Waals surface area (Å²) >= 11 is 0. The fourth-order valence-corrected chi connectivity index (χ4v) is 4.54. The smallest absolute Gasteiger partial charge is 0.306 e. The van der Waals surface area contributed by atoms with E-state index in [-0.39, 0.29) is 17.7 Å². The van der Waals surface area contributed by atoms with Crippen LogP contribution in [0.15, 0.2) is 24.3 Å². The molecule has 2 atom stereocenters. The number of carbonyl (C=O) groups excluding carboxylic acids is 1. The molecule has 1 fully saturated rings. The molecule has 2 aromatic rings. The molecule has 1 aromatic heterocycles. The maximum Gasteiger partial charge on any atom is 0.306 e. The van der Waals surface area contributed by atoms with E-state index in [2.05, 4.69) is 31.2 Å². The number of rotatable bonds is 4. The van der Waals surface area contributed by atoms with Crippen LogP contribution in [0.4, 0.5) is 0 Å². The molecule has 2 unspecified atom stereocenters. The molecule has 2 aliphatic rings. The van der Waals surface area contributed by atoms with Crippen molar-refractivity contribution in [2.24, 2.45) is 11.8 Å². The van der Waals surface area contributed by atoms with Gasteiger partial charge in [-0.3, -0.25) is 9.59 Å². The lowest BCUT2D eigenvalue weighted by molar-refractivity contribution is -0.145. The number of hydrogen-bond acceptors (Lipinski definition) is 3. The van der Waals surface area contributed by atoms with Gasteiger partial charge in [-0.15, -0.1) is 0 Å². The first-order valence-corrected chi connectivity index (χ1v) is 10.2. The minimum atomic E-state index is -0.764. The van der Waals surface area contributed by atoms with Gasteiger partial charge in [0.1, 0.15) is 0 Å². The minimum Gasteiger partial charge on any atom is -0.481 e. The number of carboxylic acid groups (broad SMARTS) is 1. The average molecular weight is 381 g/mol. The zero-order valence-electron chi connectivity index (χ0n) is 16.5. The van der Waals surface area contributed by atoms with E-state index in [9.17, 15) is 14.7 Å². The van der Waals surface area contributed by atoms with Gasteiger partial charge >= 0.3 is 5.97 Å². The molecule has 4 rings (SSSR count). The number of aryl methyl sites for hydroxylation is 1. The van der Waals surface area contributed by atoms with Gasteiger partial charge in [-0.2, -0.15) is 5.10 Å². The minimum absolute atomic E-state index is 0.0491. The maximum atomic E-state index is 13.2. The highest BCUT2D eigenvalue weighted by Gasteiger charge is 2.36. The van der Waals surface area contributed by atoms with Crippen LogP contribution in [-0.2, 0) is 24.1 Å². The number of carbonyl (C=O) groups is 2. The molecule has 1 N–H and O–H groups in total. The van der Waals surface area contributed by atoms with Crippen LogP contribution in [0.2, 0.25) is 0 Å². The zero-order chi connectivity index (χ0) is 19.8. The Balaban J connectivity index is 1.62. The second-order valence-electron chi connectivity index (χ2n) is 8.02. The van der Waals surface area contributed by atoms with Crippen LogP contribution in [0.3, 0.4) is 0 Å². The number of piperidine rings is 1. The van der Waals surface area contributed by atoms with E-state index in [1.807, 2.05) is 11.6 Å². The summed E-state index contributed by atoms with van der Waals surface area (Å²) in [6.45, 7) is 5.00. The van der Waals surface area contributed by atoms with Crippen molar-refractivity contribution in [2.75, 3.05) is 13.1 Å². The van der Waals surface area contributed by atoms with Gasteiger partial charge in [0.25, 0.3) is 5.91 Å². The number of amides is 1. The number of benzene rings is 1. The van der Waals surface area contributed by atoms with Crippen LogP contribution in [0.25, 0.3) is 5.69 Å². The molecular formula is C22H27N3O3. The first kappa shape index (κ1) is 18.7. The number of aromatic nitrogens is 2. The molecular weight excluding hydrogens is 354 g/mol. The Morgan fingerprint density at radius 2 is 1.96 bits per heavy atom. The van der Waals surface area contributed by atoms with Gasteiger partial charge < -0.3 is 10.0 Å². The predicted molar refractivity (Wildman–Crippen MR) is 106 cm³/mol. The summed E-state index contributed by atoms with van der Waals surface area (Å²) in [5, 5.41) is 14.0. The van der Waals surface area contributed by atoms with Crippen molar-refractivity contribution in [1.82, 2.24) is 14.7 Å². The standard InChI is InChI=1S/C22H27N3O3/c1-3-15-7-9-16(10-8-15)25-19-6-4-5-18(19)20(23-25)21(26)24-12-11-17(22(27)28)14(2)13-24/h7-10,14,17H,3-6,11-13H2,1-2H3,(H,27,28). The summed E-state index contributed by atoms with van der Waals surface area (Å²) in [6.07, 6.45) is 4.35. The second-order valence-corrected chi connectivity index (χ2v) is 8.02. The first-order chi connectivity index (χ1) is 13.5. The van der Waals surface area contributed by atoms with Gasteiger partial charge in [-0.1, -0.05) is 26.0 Å². The van der Waals surface area contributed by atoms with Crippen LogP contribution in [0.5, 0.6) is 0 Å². The van der Waals surface area contributed by atoms with Crippen LogP contribution >= 0.6 is 0 Å². The Kier molecular flexibility index (Phi) is 4.96. The van der Waals surface area contributed by atoms with Crippen LogP contribution < -0.4 is 0 Å². The van der Waals surface area contributed by atoms with Crippen molar-refractivity contribution in [1.29, 1.82) is 0 Å². The molecule has 0 saturated carbocycles. The van der Waals surface area contributed by atoms with Crippen LogP contribution in [0, 0.1) is 11.8 Å². The Bertz CT molecular complexity index is 900. The fraction of sp³-hybridized carbons (Fsp3) is 0.500. The lowest BCUT2D eigenvalue weighted by Crippen LogP contribution is -2.45. The van der Waals surface area contributed by atoms with E-state index in [0.29, 0.717) is 25.2 Å². The second kappa shape index (κ2) is 7.41. The number of nitrogens with zero attached hydrogens (tertiary/aromatic N) is 3. The van der Waals surface area contributed by atoms with E-state index in [0.717, 1.165) is 42.6 Å². The summed E-state index contributed by atoms with van der Waals surface area (Å²) in [5.74, 6) is -1.24. The third-order valence-corrected chi connectivity index (χ3v) is 6.23. The number of carboxylic acids is 1. The van der Waals surface area contributed by atoms with Crippen molar-refractivity contribution in [3.05, 3.63) is 46.8 Å². The lowest BCUT2D eigenvalue weighted by Gasteiger charge is -2.34. The van der Waals surface area contributed by atoms with Crippen molar-refractivity contribution in [3.63, 3.8) is 0 Å².